The summed E-state index contributed by atoms with van der Waals surface area (Å²) in [6.45, 7) is 2.92. The third-order valence-corrected chi connectivity index (χ3v) is 4.04. The maximum Gasteiger partial charge on any atom is 3.00 e. The van der Waals surface area contributed by atoms with Crippen LogP contribution in [-0.2, 0) is 31.5 Å². The summed E-state index contributed by atoms with van der Waals surface area (Å²) in [5.74, 6) is -3.25. The minimum Gasteiger partial charge on any atom is -0.550 e. The van der Waals surface area contributed by atoms with Crippen molar-refractivity contribution >= 4 is 64.3 Å². The number of carbonyl (C=O) groups is 3. The van der Waals surface area contributed by atoms with Crippen LogP contribution in [0.2, 0.25) is 0 Å². The maximum atomic E-state index is 8.89. The van der Waals surface area contributed by atoms with E-state index < -0.39 is 17.9 Å². The summed E-state index contributed by atoms with van der Waals surface area (Å²) >= 11 is 0. The molecule has 5 rings (SSSR count). The van der Waals surface area contributed by atoms with Gasteiger partial charge in [-0.15, -0.1) is 0 Å². The van der Waals surface area contributed by atoms with Gasteiger partial charge in [-0.2, -0.15) is 0 Å². The first-order valence-electron chi connectivity index (χ1n) is 10.6. The Morgan fingerprint density at radius 3 is 0.919 bits per heavy atom. The molecule has 0 unspecified atom stereocenters. The molecule has 3 aromatic heterocycles. The van der Waals surface area contributed by atoms with Gasteiger partial charge < -0.3 is 39.7 Å². The molecule has 0 spiro atoms. The van der Waals surface area contributed by atoms with Crippen molar-refractivity contribution in [3.8, 4) is 0 Å². The van der Waals surface area contributed by atoms with Crippen LogP contribution < -0.4 is 15.3 Å². The Hall–Kier alpha value is -4.47. The van der Waals surface area contributed by atoms with Gasteiger partial charge in [-0.05, 0) is 93.6 Å². The largest absolute Gasteiger partial charge is 3.00 e. The number of nitrogens with zero attached hydrogens (tertiary/aromatic N) is 2. The summed E-state index contributed by atoms with van der Waals surface area (Å²) in [7, 11) is 0. The van der Waals surface area contributed by atoms with Gasteiger partial charge in [0, 0.05) is 40.0 Å². The van der Waals surface area contributed by atoms with E-state index in [0.717, 1.165) is 65.6 Å². The predicted octanol–water partition coefficient (Wildman–Crippen LogP) is 0.922. The van der Waals surface area contributed by atoms with E-state index in [0.29, 0.717) is 0 Å². The van der Waals surface area contributed by atoms with Crippen LogP contribution in [0.25, 0.3) is 46.4 Å². The van der Waals surface area contributed by atoms with Crippen LogP contribution in [0, 0.1) is 0 Å². The summed E-state index contributed by atoms with van der Waals surface area (Å²) in [6.07, 6.45) is 8.09. The molecule has 0 saturated heterocycles. The quantitative estimate of drug-likeness (QED) is 0.271. The van der Waals surface area contributed by atoms with E-state index in [9.17, 15) is 0 Å². The molecule has 10 nitrogen and oxygen atoms in total. The average molecular weight is 543 g/mol. The second-order valence-electron chi connectivity index (χ2n) is 7.38. The fourth-order valence-corrected chi connectivity index (χ4v) is 2.94. The molecule has 191 valence electrons. The van der Waals surface area contributed by atoms with Crippen LogP contribution >= 0.6 is 0 Å². The number of fused-ring (bicyclic) bond motifs is 8. The van der Waals surface area contributed by atoms with Gasteiger partial charge in [-0.1, -0.05) is 0 Å². The molecular formula is C26H23FeN4O6. The van der Waals surface area contributed by atoms with Crippen molar-refractivity contribution in [1.29, 1.82) is 0 Å². The molecule has 0 aliphatic carbocycles. The molecule has 0 aromatic carbocycles. The molecule has 11 heteroatoms. The van der Waals surface area contributed by atoms with E-state index in [2.05, 4.69) is 44.2 Å². The Kier molecular flexibility index (Phi) is 12.2. The summed E-state index contributed by atoms with van der Waals surface area (Å²) < 4.78 is 0. The number of hydrogen-bond acceptors (Lipinski definition) is 8. The number of carboxylic acid groups (broad SMARTS) is 3. The monoisotopic (exact) mass is 543 g/mol. The molecule has 37 heavy (non-hydrogen) atoms. The SMILES string of the molecule is C1=Cc2cc3ccc(cc4nc(cc5ccc(cc1n2)[nH]5)C=C4)[nH]3.CC(=O)[O-].CC(=O)[O-].CC(=O)[O-].[Fe+3]. The van der Waals surface area contributed by atoms with Crippen molar-refractivity contribution in [2.24, 2.45) is 0 Å². The van der Waals surface area contributed by atoms with Crippen molar-refractivity contribution in [1.82, 2.24) is 19.9 Å². The predicted molar refractivity (Wildman–Crippen MR) is 131 cm³/mol. The van der Waals surface area contributed by atoms with Crippen LogP contribution in [-0.4, -0.2) is 37.8 Å². The number of hydrogen-bond donors (Lipinski definition) is 2. The van der Waals surface area contributed by atoms with Crippen molar-refractivity contribution in [2.45, 2.75) is 20.8 Å². The summed E-state index contributed by atoms with van der Waals surface area (Å²) in [6, 6.07) is 16.4. The number of nitrogens with one attached hydrogen (secondary N) is 2. The minimum absolute atomic E-state index is 0. The molecule has 0 amide bonds. The number of aromatic amines is 2. The Labute approximate surface area is 222 Å². The van der Waals surface area contributed by atoms with Crippen LogP contribution in [0.15, 0.2) is 48.5 Å². The zero-order valence-electron chi connectivity index (χ0n) is 20.1. The van der Waals surface area contributed by atoms with Crippen LogP contribution in [0.4, 0.5) is 0 Å². The Balaban J connectivity index is 0.000000449. The van der Waals surface area contributed by atoms with E-state index in [1.165, 1.54) is 0 Å². The maximum absolute atomic E-state index is 8.89. The molecule has 2 aliphatic heterocycles. The standard InChI is InChI=1S/C20H14N4.3C2H4O2.Fe/c1-2-14-10-16-5-6-18(23-16)12-20-8-7-19(24-20)11-17-4-3-15(22-17)9-13(1)21-14;3*1-2(3)4;/h1-12,21,24H;3*1H3,(H,3,4);/q;;;;+3/p-3. The first-order chi connectivity index (χ1) is 17.0. The second kappa shape index (κ2) is 14.8. The van der Waals surface area contributed by atoms with Gasteiger partial charge in [0.1, 0.15) is 0 Å². The summed E-state index contributed by atoms with van der Waals surface area (Å²) in [4.78, 5) is 42.7. The third kappa shape index (κ3) is 12.2. The first kappa shape index (κ1) is 30.6. The van der Waals surface area contributed by atoms with Crippen LogP contribution in [0.3, 0.4) is 0 Å². The van der Waals surface area contributed by atoms with E-state index >= 15 is 0 Å². The Morgan fingerprint density at radius 2 is 0.730 bits per heavy atom. The average Bonchev–Trinajstić information content (AvgIpc) is 3.52. The van der Waals surface area contributed by atoms with E-state index in [1.54, 1.807) is 0 Å². The Bertz CT molecular complexity index is 1260. The molecule has 0 saturated carbocycles. The number of carboxylic acids is 3. The normalized spacial score (nSPS) is 10.2. The first-order valence-corrected chi connectivity index (χ1v) is 10.6. The van der Waals surface area contributed by atoms with Crippen molar-refractivity contribution in [3.63, 3.8) is 0 Å². The third-order valence-electron chi connectivity index (χ3n) is 4.04. The minimum atomic E-state index is -1.08. The Morgan fingerprint density at radius 1 is 0.541 bits per heavy atom. The van der Waals surface area contributed by atoms with Gasteiger partial charge in [0.05, 0.1) is 22.8 Å². The molecule has 0 fully saturated rings. The fraction of sp³-hybridized carbons (Fsp3) is 0.115. The van der Waals surface area contributed by atoms with E-state index in [1.807, 2.05) is 48.6 Å². The van der Waals surface area contributed by atoms with Crippen molar-refractivity contribution in [3.05, 3.63) is 71.3 Å². The van der Waals surface area contributed by atoms with Gasteiger partial charge >= 0.3 is 17.1 Å². The van der Waals surface area contributed by atoms with Crippen LogP contribution in [0.5, 0.6) is 0 Å². The van der Waals surface area contributed by atoms with Gasteiger partial charge in [-0.25, -0.2) is 9.97 Å². The topological polar surface area (TPSA) is 178 Å². The molecular weight excluding hydrogens is 520 g/mol. The molecule has 2 aliphatic rings. The number of rotatable bonds is 0. The smallest absolute Gasteiger partial charge is 0.550 e. The van der Waals surface area contributed by atoms with Gasteiger partial charge in [0.25, 0.3) is 0 Å². The van der Waals surface area contributed by atoms with Gasteiger partial charge in [0.2, 0.25) is 0 Å². The van der Waals surface area contributed by atoms with Crippen molar-refractivity contribution < 1.29 is 46.8 Å². The zero-order chi connectivity index (χ0) is 26.7. The molecule has 3 aromatic rings. The summed E-state index contributed by atoms with van der Waals surface area (Å²) in [5, 5.41) is 26.7. The molecule has 1 radical (unpaired) electrons. The van der Waals surface area contributed by atoms with E-state index in [-0.39, 0.29) is 17.1 Å². The van der Waals surface area contributed by atoms with Gasteiger partial charge in [0.15, 0.2) is 0 Å². The number of aromatic nitrogens is 4. The fourth-order valence-electron chi connectivity index (χ4n) is 2.94. The number of aliphatic carboxylic acids is 3. The number of H-pyrrole nitrogens is 2. The zero-order valence-corrected chi connectivity index (χ0v) is 21.2. The molecule has 8 bridgehead atoms. The summed E-state index contributed by atoms with van der Waals surface area (Å²) in [5.41, 5.74) is 7.86. The molecule has 0 atom stereocenters. The van der Waals surface area contributed by atoms with E-state index in [4.69, 9.17) is 29.7 Å². The molecule has 5 heterocycles. The molecule has 2 N–H and O–H groups in total. The van der Waals surface area contributed by atoms with Crippen LogP contribution in [0.1, 0.15) is 43.5 Å². The second-order valence-corrected chi connectivity index (χ2v) is 7.38. The number of carbonyl (C=O) groups excluding carboxylic acids is 3. The van der Waals surface area contributed by atoms with Gasteiger partial charge in [-0.3, -0.25) is 0 Å². The van der Waals surface area contributed by atoms with Crippen molar-refractivity contribution in [2.75, 3.05) is 0 Å².